The number of thioether (sulfide) groups is 1. The van der Waals surface area contributed by atoms with Crippen LogP contribution in [-0.4, -0.2) is 17.3 Å². The highest BCUT2D eigenvalue weighted by Crippen LogP contribution is 2.36. The van der Waals surface area contributed by atoms with Crippen molar-refractivity contribution in [3.8, 4) is 0 Å². The van der Waals surface area contributed by atoms with Crippen molar-refractivity contribution in [3.05, 3.63) is 78.3 Å². The Morgan fingerprint density at radius 1 is 0.857 bits per heavy atom. The van der Waals surface area contributed by atoms with Crippen molar-refractivity contribution in [2.75, 3.05) is 10.6 Å². The van der Waals surface area contributed by atoms with Crippen molar-refractivity contribution >= 4 is 35.0 Å². The Balaban J connectivity index is 1.65. The fourth-order valence-corrected chi connectivity index (χ4v) is 2.83. The monoisotopic (exact) mass is 406 g/mol. The summed E-state index contributed by atoms with van der Waals surface area (Å²) in [6.07, 6.45) is 1.38. The summed E-state index contributed by atoms with van der Waals surface area (Å²) in [5.74, 6) is -0.782. The van der Waals surface area contributed by atoms with E-state index in [0.29, 0.717) is 11.4 Å². The Bertz CT molecular complexity index is 971. The van der Waals surface area contributed by atoms with Crippen LogP contribution in [-0.2, 0) is 0 Å². The first kappa shape index (κ1) is 19.6. The molecule has 1 heterocycles. The molecule has 2 aromatic carbocycles. The highest BCUT2D eigenvalue weighted by Gasteiger charge is 2.29. The summed E-state index contributed by atoms with van der Waals surface area (Å²) in [4.78, 5) is 24.3. The first-order chi connectivity index (χ1) is 13.3. The average molecular weight is 406 g/mol. The molecule has 5 nitrogen and oxygen atoms in total. The van der Waals surface area contributed by atoms with Gasteiger partial charge < -0.3 is 15.1 Å². The zero-order chi connectivity index (χ0) is 20.1. The molecule has 0 aliphatic rings. The minimum atomic E-state index is -4.38. The number of alkyl halides is 3. The number of amides is 2. The molecule has 0 radical (unpaired) electrons. The Hall–Kier alpha value is -3.20. The van der Waals surface area contributed by atoms with Gasteiger partial charge in [-0.15, -0.1) is 0 Å². The summed E-state index contributed by atoms with van der Waals surface area (Å²) in [7, 11) is 0. The molecule has 3 rings (SSSR count). The fourth-order valence-electron chi connectivity index (χ4n) is 2.29. The molecule has 0 atom stereocenters. The predicted octanol–water partition coefficient (Wildman–Crippen LogP) is 5.40. The molecular weight excluding hydrogens is 393 g/mol. The van der Waals surface area contributed by atoms with Gasteiger partial charge in [0.05, 0.1) is 6.26 Å². The number of rotatable bonds is 5. The third-order valence-corrected chi connectivity index (χ3v) is 4.21. The number of benzene rings is 2. The van der Waals surface area contributed by atoms with Crippen LogP contribution in [0.5, 0.6) is 0 Å². The van der Waals surface area contributed by atoms with E-state index in [0.717, 1.165) is 0 Å². The Morgan fingerprint density at radius 3 is 2.07 bits per heavy atom. The van der Waals surface area contributed by atoms with Crippen LogP contribution < -0.4 is 10.6 Å². The van der Waals surface area contributed by atoms with E-state index in [1.165, 1.54) is 36.6 Å². The van der Waals surface area contributed by atoms with Crippen LogP contribution in [0, 0.1) is 0 Å². The zero-order valence-corrected chi connectivity index (χ0v) is 14.9. The van der Waals surface area contributed by atoms with Crippen LogP contribution in [0.3, 0.4) is 0 Å². The standard InChI is InChI=1S/C19H13F3N2O3S/c20-19(21,22)28-15-8-6-12(7-9-15)17(25)23-13-3-1-4-14(11-13)24-18(26)16-5-2-10-27-16/h1-11H,(H,23,25)(H,24,26). The van der Waals surface area contributed by atoms with Crippen molar-refractivity contribution in [1.82, 2.24) is 0 Å². The van der Waals surface area contributed by atoms with Gasteiger partial charge in [-0.2, -0.15) is 13.2 Å². The first-order valence-corrected chi connectivity index (χ1v) is 8.74. The third kappa shape index (κ3) is 5.40. The number of furan rings is 1. The zero-order valence-electron chi connectivity index (χ0n) is 14.1. The molecule has 0 aliphatic heterocycles. The number of carbonyl (C=O) groups is 2. The van der Waals surface area contributed by atoms with Crippen LogP contribution in [0.25, 0.3) is 0 Å². The van der Waals surface area contributed by atoms with Gasteiger partial charge in [0, 0.05) is 21.8 Å². The fraction of sp³-hybridized carbons (Fsp3) is 0.0526. The molecule has 0 bridgehead atoms. The van der Waals surface area contributed by atoms with Crippen molar-refractivity contribution < 1.29 is 27.2 Å². The second-order valence-corrected chi connectivity index (χ2v) is 6.68. The van der Waals surface area contributed by atoms with E-state index in [9.17, 15) is 22.8 Å². The van der Waals surface area contributed by atoms with E-state index in [-0.39, 0.29) is 28.0 Å². The smallest absolute Gasteiger partial charge is 0.446 e. The quantitative estimate of drug-likeness (QED) is 0.557. The van der Waals surface area contributed by atoms with Crippen molar-refractivity contribution in [3.63, 3.8) is 0 Å². The van der Waals surface area contributed by atoms with E-state index in [2.05, 4.69) is 10.6 Å². The number of halogens is 3. The summed E-state index contributed by atoms with van der Waals surface area (Å²) in [6.45, 7) is 0. The molecule has 0 aliphatic carbocycles. The molecular formula is C19H13F3N2O3S. The van der Waals surface area contributed by atoms with Gasteiger partial charge in [0.15, 0.2) is 5.76 Å². The van der Waals surface area contributed by atoms with Gasteiger partial charge in [-0.05, 0) is 66.4 Å². The summed E-state index contributed by atoms with van der Waals surface area (Å²) in [6, 6.07) is 14.6. The van der Waals surface area contributed by atoms with Crippen molar-refractivity contribution in [1.29, 1.82) is 0 Å². The number of nitrogens with one attached hydrogen (secondary N) is 2. The SMILES string of the molecule is O=C(Nc1cccc(NC(=O)c2ccco2)c1)c1ccc(SC(F)(F)F)cc1. The highest BCUT2D eigenvalue weighted by atomic mass is 32.2. The summed E-state index contributed by atoms with van der Waals surface area (Å²) < 4.78 is 42.1. The largest absolute Gasteiger partial charge is 0.459 e. The first-order valence-electron chi connectivity index (χ1n) is 7.92. The summed E-state index contributed by atoms with van der Waals surface area (Å²) in [5.41, 5.74) is -3.33. The molecule has 144 valence electrons. The van der Waals surface area contributed by atoms with E-state index in [1.807, 2.05) is 0 Å². The Kier molecular flexibility index (Phi) is 5.74. The van der Waals surface area contributed by atoms with E-state index < -0.39 is 17.3 Å². The summed E-state index contributed by atoms with van der Waals surface area (Å²) >= 11 is -0.248. The Labute approximate surface area is 161 Å². The molecule has 1 aromatic heterocycles. The highest BCUT2D eigenvalue weighted by molar-refractivity contribution is 8.00. The topological polar surface area (TPSA) is 71.3 Å². The third-order valence-electron chi connectivity index (χ3n) is 3.47. The lowest BCUT2D eigenvalue weighted by Gasteiger charge is -2.09. The average Bonchev–Trinajstić information content (AvgIpc) is 3.16. The van der Waals surface area contributed by atoms with E-state index in [1.54, 1.807) is 30.3 Å². The van der Waals surface area contributed by atoms with E-state index in [4.69, 9.17) is 4.42 Å². The number of carbonyl (C=O) groups excluding carboxylic acids is 2. The molecule has 0 saturated carbocycles. The number of hydrogen-bond donors (Lipinski definition) is 2. The van der Waals surface area contributed by atoms with Crippen LogP contribution in [0.15, 0.2) is 76.2 Å². The van der Waals surface area contributed by atoms with E-state index >= 15 is 0 Å². The molecule has 9 heteroatoms. The van der Waals surface area contributed by atoms with Gasteiger partial charge in [-0.1, -0.05) is 6.07 Å². The molecule has 0 spiro atoms. The van der Waals surface area contributed by atoms with Crippen molar-refractivity contribution in [2.24, 2.45) is 0 Å². The van der Waals surface area contributed by atoms with Gasteiger partial charge >= 0.3 is 5.51 Å². The normalized spacial score (nSPS) is 11.1. The maximum absolute atomic E-state index is 12.4. The van der Waals surface area contributed by atoms with Gasteiger partial charge in [-0.25, -0.2) is 0 Å². The lowest BCUT2D eigenvalue weighted by Crippen LogP contribution is -2.13. The van der Waals surface area contributed by atoms with Gasteiger partial charge in [0.25, 0.3) is 11.8 Å². The minimum absolute atomic E-state index is 0.00770. The number of anilines is 2. The van der Waals surface area contributed by atoms with Gasteiger partial charge in [0.1, 0.15) is 0 Å². The molecule has 0 fully saturated rings. The van der Waals surface area contributed by atoms with Crippen LogP contribution in [0.4, 0.5) is 24.5 Å². The molecule has 3 aromatic rings. The van der Waals surface area contributed by atoms with Crippen LogP contribution >= 0.6 is 11.8 Å². The summed E-state index contributed by atoms with van der Waals surface area (Å²) in [5, 5.41) is 5.27. The minimum Gasteiger partial charge on any atom is -0.459 e. The van der Waals surface area contributed by atoms with Crippen LogP contribution in [0.1, 0.15) is 20.9 Å². The Morgan fingerprint density at radius 2 is 1.50 bits per heavy atom. The second kappa shape index (κ2) is 8.22. The predicted molar refractivity (Wildman–Crippen MR) is 99.4 cm³/mol. The van der Waals surface area contributed by atoms with Crippen LogP contribution in [0.2, 0.25) is 0 Å². The lowest BCUT2D eigenvalue weighted by atomic mass is 10.2. The van der Waals surface area contributed by atoms with Gasteiger partial charge in [0.2, 0.25) is 0 Å². The lowest BCUT2D eigenvalue weighted by molar-refractivity contribution is -0.0328. The molecule has 0 unspecified atom stereocenters. The molecule has 28 heavy (non-hydrogen) atoms. The molecule has 2 N–H and O–H groups in total. The second-order valence-electron chi connectivity index (χ2n) is 5.54. The van der Waals surface area contributed by atoms with Crippen molar-refractivity contribution in [2.45, 2.75) is 10.4 Å². The maximum Gasteiger partial charge on any atom is 0.446 e. The molecule has 2 amide bonds. The number of hydrogen-bond acceptors (Lipinski definition) is 4. The molecule has 0 saturated heterocycles. The van der Waals surface area contributed by atoms with Gasteiger partial charge in [-0.3, -0.25) is 9.59 Å². The maximum atomic E-state index is 12.4.